The maximum atomic E-state index is 12.8. The van der Waals surface area contributed by atoms with Crippen LogP contribution in [0.1, 0.15) is 29.6 Å². The summed E-state index contributed by atoms with van der Waals surface area (Å²) in [7, 11) is 0. The molecule has 3 aromatic rings. The lowest BCUT2D eigenvalue weighted by Crippen LogP contribution is -2.36. The Bertz CT molecular complexity index is 1280. The van der Waals surface area contributed by atoms with Crippen molar-refractivity contribution in [1.82, 2.24) is 15.3 Å². The van der Waals surface area contributed by atoms with E-state index in [0.29, 0.717) is 33.5 Å². The Hall–Kier alpha value is -3.01. The second kappa shape index (κ2) is 9.32. The van der Waals surface area contributed by atoms with Crippen molar-refractivity contribution in [2.45, 2.75) is 24.9 Å². The van der Waals surface area contributed by atoms with E-state index < -0.39 is 17.5 Å². The first-order chi connectivity index (χ1) is 16.4. The molecule has 1 aromatic carbocycles. The van der Waals surface area contributed by atoms with E-state index >= 15 is 0 Å². The Morgan fingerprint density at radius 3 is 2.82 bits per heavy atom. The molecule has 8 nitrogen and oxygen atoms in total. The highest BCUT2D eigenvalue weighted by Crippen LogP contribution is 2.38. The lowest BCUT2D eigenvalue weighted by atomic mass is 9.95. The zero-order valence-corrected chi connectivity index (χ0v) is 19.9. The van der Waals surface area contributed by atoms with Crippen LogP contribution in [-0.4, -0.2) is 47.1 Å². The highest BCUT2D eigenvalue weighted by molar-refractivity contribution is 7.22. The molecule has 0 spiro atoms. The van der Waals surface area contributed by atoms with E-state index in [4.69, 9.17) is 22.1 Å². The Morgan fingerprint density at radius 1 is 1.29 bits per heavy atom. The number of nitrogens with one attached hydrogen (secondary N) is 2. The quantitative estimate of drug-likeness (QED) is 0.320. The number of amides is 1. The summed E-state index contributed by atoms with van der Waals surface area (Å²) in [6, 6.07) is 7.20. The number of piperidine rings is 1. The first-order valence-electron chi connectivity index (χ1n) is 11.2. The van der Waals surface area contributed by atoms with Crippen molar-refractivity contribution in [3.8, 4) is 10.6 Å². The van der Waals surface area contributed by atoms with Crippen LogP contribution in [0.3, 0.4) is 0 Å². The van der Waals surface area contributed by atoms with Gasteiger partial charge in [-0.3, -0.25) is 4.79 Å². The number of anilines is 1. The van der Waals surface area contributed by atoms with E-state index in [9.17, 15) is 9.59 Å². The van der Waals surface area contributed by atoms with Crippen LogP contribution in [0.2, 0.25) is 5.02 Å². The summed E-state index contributed by atoms with van der Waals surface area (Å²) in [5, 5.41) is 7.82. The van der Waals surface area contributed by atoms with Gasteiger partial charge in [0, 0.05) is 16.6 Å². The van der Waals surface area contributed by atoms with Gasteiger partial charge in [0.05, 0.1) is 21.7 Å². The van der Waals surface area contributed by atoms with Gasteiger partial charge in [0.2, 0.25) is 11.5 Å². The first-order valence-corrected chi connectivity index (χ1v) is 12.4. The standard InChI is InChI=1S/C24H24ClN5O3S/c25-17-13-29-23(28-11-6-14-4-9-27-10-5-14)30-20(17)19-12-16-15(2-1-3-18(16)34-19)21(31)33-24(7-8-24)22(26)32/h1-3,7-8,12-14,27H,4-6,9-11H2,(H2,26,32)(H,28,29,30). The third-order valence-electron chi connectivity index (χ3n) is 6.17. The summed E-state index contributed by atoms with van der Waals surface area (Å²) in [5.41, 5.74) is 4.87. The molecule has 2 aliphatic rings. The molecule has 176 valence electrons. The summed E-state index contributed by atoms with van der Waals surface area (Å²) in [6.45, 7) is 2.95. The lowest BCUT2D eigenvalue weighted by Gasteiger charge is -2.22. The molecule has 1 saturated heterocycles. The normalized spacial score (nSPS) is 17.0. The number of nitrogens with two attached hydrogens (primary N) is 1. The minimum absolute atomic E-state index is 0.347. The predicted molar refractivity (Wildman–Crippen MR) is 133 cm³/mol. The van der Waals surface area contributed by atoms with Crippen LogP contribution in [0.25, 0.3) is 20.7 Å². The molecule has 0 radical (unpaired) electrons. The molecule has 1 aliphatic heterocycles. The molecule has 0 atom stereocenters. The van der Waals surface area contributed by atoms with Gasteiger partial charge in [-0.2, -0.15) is 0 Å². The van der Waals surface area contributed by atoms with Crippen LogP contribution in [-0.2, 0) is 9.53 Å². The largest absolute Gasteiger partial charge is 0.437 e. The summed E-state index contributed by atoms with van der Waals surface area (Å²) < 4.78 is 6.24. The molecule has 1 amide bonds. The highest BCUT2D eigenvalue weighted by Gasteiger charge is 2.45. The van der Waals surface area contributed by atoms with Gasteiger partial charge in [-0.1, -0.05) is 17.7 Å². The van der Waals surface area contributed by atoms with Crippen LogP contribution in [0.5, 0.6) is 0 Å². The average Bonchev–Trinajstić information content (AvgIpc) is 3.49. The van der Waals surface area contributed by atoms with Crippen molar-refractivity contribution in [3.05, 3.63) is 53.2 Å². The number of carbonyl (C=O) groups is 2. The number of primary amides is 1. The van der Waals surface area contributed by atoms with Gasteiger partial charge in [0.1, 0.15) is 5.69 Å². The van der Waals surface area contributed by atoms with Gasteiger partial charge < -0.3 is 21.1 Å². The van der Waals surface area contributed by atoms with Gasteiger partial charge in [-0.05, 0) is 68.6 Å². The predicted octanol–water partition coefficient (Wildman–Crippen LogP) is 3.76. The number of fused-ring (bicyclic) bond motifs is 1. The van der Waals surface area contributed by atoms with Crippen molar-refractivity contribution in [2.24, 2.45) is 11.7 Å². The van der Waals surface area contributed by atoms with E-state index in [1.54, 1.807) is 18.3 Å². The van der Waals surface area contributed by atoms with E-state index in [1.165, 1.54) is 36.3 Å². The molecule has 2 aromatic heterocycles. The molecule has 4 N–H and O–H groups in total. The topological polar surface area (TPSA) is 119 Å². The van der Waals surface area contributed by atoms with Crippen molar-refractivity contribution >= 4 is 50.8 Å². The van der Waals surface area contributed by atoms with Gasteiger partial charge in [0.15, 0.2) is 0 Å². The number of benzene rings is 1. The van der Waals surface area contributed by atoms with E-state index in [1.807, 2.05) is 12.1 Å². The highest BCUT2D eigenvalue weighted by atomic mass is 35.5. The van der Waals surface area contributed by atoms with Crippen LogP contribution < -0.4 is 16.4 Å². The monoisotopic (exact) mass is 497 g/mol. The number of hydrogen-bond donors (Lipinski definition) is 3. The molecule has 10 heteroatoms. The van der Waals surface area contributed by atoms with Crippen LogP contribution in [0.4, 0.5) is 5.95 Å². The maximum Gasteiger partial charge on any atom is 0.340 e. The number of nitrogens with zero attached hydrogens (tertiary/aromatic N) is 2. The summed E-state index contributed by atoms with van der Waals surface area (Å²) in [6.07, 6.45) is 7.97. The van der Waals surface area contributed by atoms with Crippen molar-refractivity contribution < 1.29 is 14.3 Å². The fourth-order valence-corrected chi connectivity index (χ4v) is 5.45. The zero-order valence-electron chi connectivity index (χ0n) is 18.3. The van der Waals surface area contributed by atoms with E-state index in [-0.39, 0.29) is 0 Å². The smallest absolute Gasteiger partial charge is 0.340 e. The maximum absolute atomic E-state index is 12.8. The van der Waals surface area contributed by atoms with Crippen molar-refractivity contribution in [1.29, 1.82) is 0 Å². The lowest BCUT2D eigenvalue weighted by molar-refractivity contribution is -0.127. The number of rotatable bonds is 8. The molecule has 5 rings (SSSR count). The van der Waals surface area contributed by atoms with Gasteiger partial charge in [0.25, 0.3) is 5.91 Å². The molecular formula is C24H24ClN5O3S. The molecule has 0 saturated carbocycles. The summed E-state index contributed by atoms with van der Waals surface area (Å²) >= 11 is 7.91. The van der Waals surface area contributed by atoms with Crippen molar-refractivity contribution in [2.75, 3.05) is 25.0 Å². The fourth-order valence-electron chi connectivity index (χ4n) is 4.11. The van der Waals surface area contributed by atoms with Gasteiger partial charge in [-0.15, -0.1) is 11.3 Å². The fraction of sp³-hybridized carbons (Fsp3) is 0.333. The first kappa shape index (κ1) is 22.8. The summed E-state index contributed by atoms with van der Waals surface area (Å²) in [4.78, 5) is 34.2. The van der Waals surface area contributed by atoms with Crippen molar-refractivity contribution in [3.63, 3.8) is 0 Å². The second-order valence-electron chi connectivity index (χ2n) is 8.51. The number of thiophene rings is 1. The third kappa shape index (κ3) is 4.64. The molecule has 0 bridgehead atoms. The number of halogens is 1. The Balaban J connectivity index is 1.35. The molecule has 3 heterocycles. The minimum atomic E-state index is -1.41. The van der Waals surface area contributed by atoms with Gasteiger partial charge >= 0.3 is 5.97 Å². The van der Waals surface area contributed by atoms with Crippen LogP contribution in [0, 0.1) is 5.92 Å². The molecule has 34 heavy (non-hydrogen) atoms. The van der Waals surface area contributed by atoms with E-state index in [2.05, 4.69) is 20.6 Å². The number of ether oxygens (including phenoxy) is 1. The molecule has 1 fully saturated rings. The Morgan fingerprint density at radius 2 is 2.09 bits per heavy atom. The van der Waals surface area contributed by atoms with Crippen LogP contribution >= 0.6 is 22.9 Å². The Labute approximate surface area is 205 Å². The van der Waals surface area contributed by atoms with Gasteiger partial charge in [-0.25, -0.2) is 14.8 Å². The summed E-state index contributed by atoms with van der Waals surface area (Å²) in [5.74, 6) is -0.103. The zero-order chi connectivity index (χ0) is 23.7. The third-order valence-corrected chi connectivity index (χ3v) is 7.55. The SMILES string of the molecule is NC(=O)C1(OC(=O)c2cccc3sc(-c4nc(NCCC5CCNCC5)ncc4Cl)cc23)C=C1. The molecule has 0 unspecified atom stereocenters. The van der Waals surface area contributed by atoms with Crippen LogP contribution in [0.15, 0.2) is 42.6 Å². The second-order valence-corrected chi connectivity index (χ2v) is 10.00. The molecular weight excluding hydrogens is 474 g/mol. The molecule has 1 aliphatic carbocycles. The van der Waals surface area contributed by atoms with E-state index in [0.717, 1.165) is 35.6 Å². The number of carbonyl (C=O) groups excluding carboxylic acids is 2. The minimum Gasteiger partial charge on any atom is -0.437 e. The Kier molecular flexibility index (Phi) is 6.24. The number of esters is 1. The number of aromatic nitrogens is 2. The number of hydrogen-bond acceptors (Lipinski definition) is 8. The average molecular weight is 498 g/mol.